The Bertz CT molecular complexity index is 893. The summed E-state index contributed by atoms with van der Waals surface area (Å²) in [6, 6.07) is 10.8. The summed E-state index contributed by atoms with van der Waals surface area (Å²) in [6.07, 6.45) is 2.00. The molecule has 2 aromatic carbocycles. The van der Waals surface area contributed by atoms with Crippen molar-refractivity contribution in [3.63, 3.8) is 0 Å². The number of anilines is 1. The van der Waals surface area contributed by atoms with E-state index in [1.165, 1.54) is 7.11 Å². The predicted molar refractivity (Wildman–Crippen MR) is 98.9 cm³/mol. The first kappa shape index (κ1) is 16.6. The first-order valence-corrected chi connectivity index (χ1v) is 9.16. The molecule has 1 amide bonds. The molecule has 0 aliphatic heterocycles. The number of hydrogen-bond acceptors (Lipinski definition) is 6. The van der Waals surface area contributed by atoms with Gasteiger partial charge in [0.1, 0.15) is 11.5 Å². The van der Waals surface area contributed by atoms with Crippen molar-refractivity contribution in [3.8, 4) is 11.5 Å². The number of carbonyl (C=O) groups excluding carboxylic acids is 1. The fourth-order valence-electron chi connectivity index (χ4n) is 2.26. The number of ether oxygens (including phenoxy) is 2. The van der Waals surface area contributed by atoms with Crippen LogP contribution in [-0.4, -0.2) is 31.4 Å². The van der Waals surface area contributed by atoms with Crippen LogP contribution in [0.2, 0.25) is 0 Å². The van der Waals surface area contributed by atoms with Crippen LogP contribution >= 0.6 is 23.1 Å². The standard InChI is InChI=1S/C17H16N2O3S2/c1-21-11-5-7-14(22-2)12(9-11)16(20)18-10-4-6-13-15(8-10)24-17(19-13)23-3/h4-9H,1-3H3,(H,18,20). The van der Waals surface area contributed by atoms with E-state index >= 15 is 0 Å². The van der Waals surface area contributed by atoms with Crippen molar-refractivity contribution in [2.75, 3.05) is 25.8 Å². The van der Waals surface area contributed by atoms with E-state index in [1.807, 2.05) is 24.5 Å². The fourth-order valence-corrected chi connectivity index (χ4v) is 3.79. The van der Waals surface area contributed by atoms with Crippen molar-refractivity contribution in [1.29, 1.82) is 0 Å². The number of thiazole rings is 1. The number of hydrogen-bond donors (Lipinski definition) is 1. The van der Waals surface area contributed by atoms with Crippen LogP contribution in [0.5, 0.6) is 11.5 Å². The SMILES string of the molecule is COc1ccc(OC)c(C(=O)Nc2ccc3nc(SC)sc3c2)c1. The lowest BCUT2D eigenvalue weighted by atomic mass is 10.1. The molecule has 0 atom stereocenters. The Morgan fingerprint density at radius 2 is 2.00 bits per heavy atom. The molecule has 0 spiro atoms. The van der Waals surface area contributed by atoms with E-state index in [0.717, 1.165) is 14.6 Å². The maximum Gasteiger partial charge on any atom is 0.259 e. The van der Waals surface area contributed by atoms with Crippen LogP contribution < -0.4 is 14.8 Å². The summed E-state index contributed by atoms with van der Waals surface area (Å²) in [5.41, 5.74) is 2.07. The maximum absolute atomic E-state index is 12.6. The Hall–Kier alpha value is -2.25. The van der Waals surface area contributed by atoms with Gasteiger partial charge >= 0.3 is 0 Å². The smallest absolute Gasteiger partial charge is 0.259 e. The summed E-state index contributed by atoms with van der Waals surface area (Å²) < 4.78 is 12.5. The molecule has 0 unspecified atom stereocenters. The van der Waals surface area contributed by atoms with Gasteiger partial charge in [-0.3, -0.25) is 4.79 Å². The highest BCUT2D eigenvalue weighted by Gasteiger charge is 2.14. The molecule has 24 heavy (non-hydrogen) atoms. The molecule has 0 saturated heterocycles. The van der Waals surface area contributed by atoms with Crippen molar-refractivity contribution < 1.29 is 14.3 Å². The Balaban J connectivity index is 1.89. The highest BCUT2D eigenvalue weighted by atomic mass is 32.2. The zero-order chi connectivity index (χ0) is 17.1. The van der Waals surface area contributed by atoms with Crippen LogP contribution in [0.4, 0.5) is 5.69 Å². The molecule has 1 heterocycles. The van der Waals surface area contributed by atoms with Crippen molar-refractivity contribution >= 4 is 44.9 Å². The van der Waals surface area contributed by atoms with E-state index in [9.17, 15) is 4.79 Å². The third-order valence-electron chi connectivity index (χ3n) is 3.45. The van der Waals surface area contributed by atoms with Crippen LogP contribution in [-0.2, 0) is 0 Å². The number of benzene rings is 2. The summed E-state index contributed by atoms with van der Waals surface area (Å²) in [4.78, 5) is 17.1. The summed E-state index contributed by atoms with van der Waals surface area (Å²) in [5, 5.41) is 2.90. The second-order valence-corrected chi connectivity index (χ2v) is 6.97. The third-order valence-corrected chi connectivity index (χ3v) is 5.46. The molecule has 3 rings (SSSR count). The number of carbonyl (C=O) groups is 1. The molecule has 0 fully saturated rings. The van der Waals surface area contributed by atoms with Crippen LogP contribution in [0.25, 0.3) is 10.2 Å². The monoisotopic (exact) mass is 360 g/mol. The molecular weight excluding hydrogens is 344 g/mol. The topological polar surface area (TPSA) is 60.5 Å². The number of methoxy groups -OCH3 is 2. The molecule has 0 bridgehead atoms. The predicted octanol–water partition coefficient (Wildman–Crippen LogP) is 4.29. The van der Waals surface area contributed by atoms with Gasteiger partial charge < -0.3 is 14.8 Å². The molecule has 5 nitrogen and oxygen atoms in total. The zero-order valence-electron chi connectivity index (χ0n) is 13.5. The van der Waals surface area contributed by atoms with Gasteiger partial charge in [0, 0.05) is 5.69 Å². The normalized spacial score (nSPS) is 10.6. The Kier molecular flexibility index (Phi) is 4.92. The lowest BCUT2D eigenvalue weighted by molar-refractivity contribution is 0.102. The summed E-state index contributed by atoms with van der Waals surface area (Å²) >= 11 is 3.21. The molecule has 1 aromatic heterocycles. The second-order valence-electron chi connectivity index (χ2n) is 4.89. The number of nitrogens with one attached hydrogen (secondary N) is 1. The van der Waals surface area contributed by atoms with Gasteiger partial charge in [-0.1, -0.05) is 11.8 Å². The summed E-state index contributed by atoms with van der Waals surface area (Å²) in [5.74, 6) is 0.847. The van der Waals surface area contributed by atoms with E-state index in [1.54, 1.807) is 48.4 Å². The number of amides is 1. The number of thioether (sulfide) groups is 1. The highest BCUT2D eigenvalue weighted by Crippen LogP contribution is 2.30. The van der Waals surface area contributed by atoms with Gasteiger partial charge in [-0.15, -0.1) is 11.3 Å². The average Bonchev–Trinajstić information content (AvgIpc) is 3.03. The van der Waals surface area contributed by atoms with E-state index in [-0.39, 0.29) is 5.91 Å². The third kappa shape index (κ3) is 3.32. The number of fused-ring (bicyclic) bond motifs is 1. The highest BCUT2D eigenvalue weighted by molar-refractivity contribution is 8.00. The molecule has 124 valence electrons. The minimum Gasteiger partial charge on any atom is -0.497 e. The van der Waals surface area contributed by atoms with Crippen LogP contribution in [0, 0.1) is 0 Å². The molecule has 0 aliphatic rings. The number of nitrogens with zero attached hydrogens (tertiary/aromatic N) is 1. The number of rotatable bonds is 5. The largest absolute Gasteiger partial charge is 0.497 e. The summed E-state index contributed by atoms with van der Waals surface area (Å²) in [7, 11) is 3.09. The quantitative estimate of drug-likeness (QED) is 0.688. The Morgan fingerprint density at radius 1 is 1.17 bits per heavy atom. The average molecular weight is 360 g/mol. The Morgan fingerprint density at radius 3 is 2.71 bits per heavy atom. The van der Waals surface area contributed by atoms with Gasteiger partial charge in [0.25, 0.3) is 5.91 Å². The van der Waals surface area contributed by atoms with Gasteiger partial charge in [-0.05, 0) is 42.7 Å². The molecule has 7 heteroatoms. The van der Waals surface area contributed by atoms with Crippen molar-refractivity contribution in [2.24, 2.45) is 0 Å². The summed E-state index contributed by atoms with van der Waals surface area (Å²) in [6.45, 7) is 0. The maximum atomic E-state index is 12.6. The van der Waals surface area contributed by atoms with Gasteiger partial charge in [-0.25, -0.2) is 4.98 Å². The molecule has 0 aliphatic carbocycles. The van der Waals surface area contributed by atoms with E-state index in [0.29, 0.717) is 22.7 Å². The van der Waals surface area contributed by atoms with Gasteiger partial charge in [-0.2, -0.15) is 0 Å². The minimum atomic E-state index is -0.250. The van der Waals surface area contributed by atoms with E-state index in [2.05, 4.69) is 10.3 Å². The first-order valence-electron chi connectivity index (χ1n) is 7.12. The fraction of sp³-hybridized carbons (Fsp3) is 0.176. The number of aromatic nitrogens is 1. The molecule has 1 N–H and O–H groups in total. The van der Waals surface area contributed by atoms with Crippen molar-refractivity contribution in [3.05, 3.63) is 42.0 Å². The van der Waals surface area contributed by atoms with Crippen LogP contribution in [0.15, 0.2) is 40.7 Å². The van der Waals surface area contributed by atoms with Crippen molar-refractivity contribution in [1.82, 2.24) is 4.98 Å². The second kappa shape index (κ2) is 7.11. The van der Waals surface area contributed by atoms with Crippen LogP contribution in [0.3, 0.4) is 0 Å². The Labute approximate surface area is 148 Å². The van der Waals surface area contributed by atoms with Crippen LogP contribution in [0.1, 0.15) is 10.4 Å². The molecule has 0 saturated carbocycles. The molecule has 0 radical (unpaired) electrons. The van der Waals surface area contributed by atoms with Crippen molar-refractivity contribution in [2.45, 2.75) is 4.34 Å². The van der Waals surface area contributed by atoms with E-state index in [4.69, 9.17) is 9.47 Å². The van der Waals surface area contributed by atoms with Gasteiger partial charge in [0.05, 0.1) is 30.0 Å². The first-order chi connectivity index (χ1) is 11.6. The molecule has 3 aromatic rings. The lowest BCUT2D eigenvalue weighted by Gasteiger charge is -2.11. The van der Waals surface area contributed by atoms with Gasteiger partial charge in [0.2, 0.25) is 0 Å². The molecular formula is C17H16N2O3S2. The van der Waals surface area contributed by atoms with E-state index < -0.39 is 0 Å². The lowest BCUT2D eigenvalue weighted by Crippen LogP contribution is -2.13. The van der Waals surface area contributed by atoms with Gasteiger partial charge in [0.15, 0.2) is 4.34 Å². The zero-order valence-corrected chi connectivity index (χ0v) is 15.1. The minimum absolute atomic E-state index is 0.250.